The van der Waals surface area contributed by atoms with Gasteiger partial charge in [0.1, 0.15) is 23.8 Å². The number of anilines is 1. The number of H-pyrrole nitrogens is 1. The molecule has 1 saturated carbocycles. The van der Waals surface area contributed by atoms with Crippen LogP contribution < -0.4 is 15.4 Å². The Morgan fingerprint density at radius 2 is 2.00 bits per heavy atom. The highest BCUT2D eigenvalue weighted by Gasteiger charge is 2.26. The van der Waals surface area contributed by atoms with Crippen LogP contribution in [-0.2, 0) is 11.2 Å². The van der Waals surface area contributed by atoms with E-state index in [1.807, 2.05) is 31.2 Å². The van der Waals surface area contributed by atoms with Crippen molar-refractivity contribution >= 4 is 22.9 Å². The van der Waals surface area contributed by atoms with Crippen LogP contribution in [0.15, 0.2) is 48.9 Å². The Hall–Kier alpha value is -4.32. The molecule has 0 saturated heterocycles. The fourth-order valence-electron chi connectivity index (χ4n) is 5.24. The van der Waals surface area contributed by atoms with E-state index in [2.05, 4.69) is 30.6 Å². The highest BCUT2D eigenvalue weighted by Crippen LogP contribution is 2.28. The number of hydrogen-bond donors (Lipinski definition) is 3. The maximum absolute atomic E-state index is 14.7. The Bertz CT molecular complexity index is 1530. The summed E-state index contributed by atoms with van der Waals surface area (Å²) in [4.78, 5) is 30.2. The highest BCUT2D eigenvalue weighted by atomic mass is 19.1. The molecule has 3 aromatic heterocycles. The summed E-state index contributed by atoms with van der Waals surface area (Å²) in [6.07, 6.45) is 7.70. The summed E-state index contributed by atoms with van der Waals surface area (Å²) in [6, 6.07) is 8.91. The van der Waals surface area contributed by atoms with Gasteiger partial charge in [-0.2, -0.15) is 0 Å². The minimum absolute atomic E-state index is 0.0599. The van der Waals surface area contributed by atoms with Crippen molar-refractivity contribution < 1.29 is 23.0 Å². The van der Waals surface area contributed by atoms with E-state index in [4.69, 9.17) is 9.47 Å². The molecule has 0 unspecified atom stereocenters. The van der Waals surface area contributed by atoms with Crippen molar-refractivity contribution in [2.45, 2.75) is 51.1 Å². The second-order valence-corrected chi connectivity index (χ2v) is 10.7. The molecule has 1 aliphatic carbocycles. The lowest BCUT2D eigenvalue weighted by Gasteiger charge is -2.32. The molecular weight excluding hydrogens is 556 g/mol. The molecule has 228 valence electrons. The van der Waals surface area contributed by atoms with Crippen LogP contribution in [0.1, 0.15) is 38.2 Å². The Kier molecular flexibility index (Phi) is 9.98. The number of hydrogen-bond acceptors (Lipinski definition) is 7. The average Bonchev–Trinajstić information content (AvgIpc) is 3.42. The number of fused-ring (bicyclic) bond motifs is 1. The van der Waals surface area contributed by atoms with Crippen molar-refractivity contribution in [2.24, 2.45) is 0 Å². The van der Waals surface area contributed by atoms with Crippen LogP contribution in [0.25, 0.3) is 22.4 Å². The molecule has 5 rings (SSSR count). The Morgan fingerprint density at radius 1 is 1.14 bits per heavy atom. The van der Waals surface area contributed by atoms with Crippen molar-refractivity contribution in [1.82, 2.24) is 30.2 Å². The summed E-state index contributed by atoms with van der Waals surface area (Å²) in [7, 11) is 1.78. The zero-order valence-corrected chi connectivity index (χ0v) is 24.4. The van der Waals surface area contributed by atoms with Crippen molar-refractivity contribution in [1.29, 1.82) is 0 Å². The van der Waals surface area contributed by atoms with Gasteiger partial charge >= 0.3 is 6.03 Å². The third kappa shape index (κ3) is 7.95. The number of ether oxygens (including phenoxy) is 2. The number of aromatic nitrogens is 4. The number of likely N-dealkylation sites (N-methyl/N-ethyl adjacent to an activating group) is 1. The SMILES string of the molecule is CCOCCOc1cccc(CCN(C)C(=O)N[C@@H]2CCC[C@H](Nc3nc(-c4c[nH]c5ncc(F)cc45)ncc3F)C2)c1. The molecule has 2 amide bonds. The predicted octanol–water partition coefficient (Wildman–Crippen LogP) is 5.32. The van der Waals surface area contributed by atoms with Crippen LogP contribution in [0.5, 0.6) is 5.75 Å². The van der Waals surface area contributed by atoms with Gasteiger partial charge in [0.05, 0.1) is 19.0 Å². The quantitative estimate of drug-likeness (QED) is 0.190. The van der Waals surface area contributed by atoms with E-state index in [1.54, 1.807) is 18.1 Å². The smallest absolute Gasteiger partial charge is 0.317 e. The number of pyridine rings is 1. The third-order valence-corrected chi connectivity index (χ3v) is 7.51. The molecular formula is C31H37F2N7O3. The lowest BCUT2D eigenvalue weighted by atomic mass is 9.91. The monoisotopic (exact) mass is 593 g/mol. The molecule has 1 fully saturated rings. The van der Waals surface area contributed by atoms with Gasteiger partial charge in [-0.1, -0.05) is 12.1 Å². The van der Waals surface area contributed by atoms with Crippen molar-refractivity contribution in [3.8, 4) is 17.1 Å². The highest BCUT2D eigenvalue weighted by molar-refractivity contribution is 5.91. The standard InChI is InChI=1S/C31H37F2N7O3/c1-3-42-12-13-43-24-9-4-6-20(14-24)10-11-40(2)31(41)38-23-8-5-7-22(16-23)37-30-27(33)19-36-29(39-30)26-18-35-28-25(26)15-21(32)17-34-28/h4,6,9,14-15,17-19,22-23H,3,5,7-8,10-13,16H2,1-2H3,(H,34,35)(H,38,41)(H,36,37,39)/t22-,23+/m0/s1. The van der Waals surface area contributed by atoms with Crippen LogP contribution >= 0.6 is 0 Å². The largest absolute Gasteiger partial charge is 0.491 e. The van der Waals surface area contributed by atoms with Gasteiger partial charge in [-0.15, -0.1) is 0 Å². The first kappa shape index (κ1) is 30.1. The summed E-state index contributed by atoms with van der Waals surface area (Å²) in [6.45, 7) is 4.19. The van der Waals surface area contributed by atoms with Crippen LogP contribution in [0.2, 0.25) is 0 Å². The van der Waals surface area contributed by atoms with Gasteiger partial charge in [0.25, 0.3) is 0 Å². The number of rotatable bonds is 12. The predicted molar refractivity (Wildman–Crippen MR) is 160 cm³/mol. The van der Waals surface area contributed by atoms with Crippen LogP contribution in [-0.4, -0.2) is 76.4 Å². The number of carbonyl (C=O) groups is 1. The molecule has 3 heterocycles. The van der Waals surface area contributed by atoms with Crippen molar-refractivity contribution in [3.05, 3.63) is 66.1 Å². The number of halogens is 2. The first-order valence-electron chi connectivity index (χ1n) is 14.6. The molecule has 43 heavy (non-hydrogen) atoms. The van der Waals surface area contributed by atoms with E-state index in [-0.39, 0.29) is 29.8 Å². The van der Waals surface area contributed by atoms with Gasteiger partial charge < -0.3 is 30.0 Å². The molecule has 2 atom stereocenters. The number of nitrogens with zero attached hydrogens (tertiary/aromatic N) is 4. The number of benzene rings is 1. The lowest BCUT2D eigenvalue weighted by molar-refractivity contribution is 0.110. The molecule has 0 bridgehead atoms. The molecule has 0 radical (unpaired) electrons. The third-order valence-electron chi connectivity index (χ3n) is 7.51. The van der Waals surface area contributed by atoms with Crippen molar-refractivity contribution in [3.63, 3.8) is 0 Å². The number of amides is 2. The van der Waals surface area contributed by atoms with E-state index in [0.717, 1.165) is 43.0 Å². The maximum Gasteiger partial charge on any atom is 0.317 e. The Labute approximate surface area is 249 Å². The Balaban J connectivity index is 1.14. The minimum Gasteiger partial charge on any atom is -0.491 e. The zero-order chi connectivity index (χ0) is 30.2. The number of carbonyl (C=O) groups excluding carboxylic acids is 1. The molecule has 1 aromatic carbocycles. The Morgan fingerprint density at radius 3 is 2.86 bits per heavy atom. The molecule has 12 heteroatoms. The molecule has 0 spiro atoms. The lowest BCUT2D eigenvalue weighted by Crippen LogP contribution is -2.47. The maximum atomic E-state index is 14.7. The van der Waals surface area contributed by atoms with Crippen LogP contribution in [0.4, 0.5) is 19.4 Å². The van der Waals surface area contributed by atoms with Gasteiger partial charge in [-0.3, -0.25) is 0 Å². The first-order valence-corrected chi connectivity index (χ1v) is 14.6. The zero-order valence-electron chi connectivity index (χ0n) is 24.4. The van der Waals surface area contributed by atoms with Gasteiger partial charge in [0.15, 0.2) is 17.5 Å². The molecule has 0 aliphatic heterocycles. The minimum atomic E-state index is -0.581. The summed E-state index contributed by atoms with van der Waals surface area (Å²) in [5, 5.41) is 6.85. The van der Waals surface area contributed by atoms with Gasteiger partial charge in [-0.25, -0.2) is 28.5 Å². The van der Waals surface area contributed by atoms with Gasteiger partial charge in [0, 0.05) is 49.4 Å². The molecule has 3 N–H and O–H groups in total. The second-order valence-electron chi connectivity index (χ2n) is 10.7. The second kappa shape index (κ2) is 14.2. The van der Waals surface area contributed by atoms with E-state index in [9.17, 15) is 13.6 Å². The average molecular weight is 594 g/mol. The van der Waals surface area contributed by atoms with Crippen molar-refractivity contribution in [2.75, 3.05) is 38.7 Å². The van der Waals surface area contributed by atoms with E-state index < -0.39 is 11.6 Å². The summed E-state index contributed by atoms with van der Waals surface area (Å²) in [5.74, 6) is 0.0456. The van der Waals surface area contributed by atoms with E-state index in [0.29, 0.717) is 55.8 Å². The summed E-state index contributed by atoms with van der Waals surface area (Å²) in [5.41, 5.74) is 2.10. The fourth-order valence-corrected chi connectivity index (χ4v) is 5.24. The molecule has 1 aliphatic rings. The first-order chi connectivity index (χ1) is 20.9. The normalized spacial score (nSPS) is 16.7. The molecule has 4 aromatic rings. The summed E-state index contributed by atoms with van der Waals surface area (Å²) < 4.78 is 39.6. The van der Waals surface area contributed by atoms with Crippen LogP contribution in [0.3, 0.4) is 0 Å². The number of aromatic amines is 1. The van der Waals surface area contributed by atoms with E-state index in [1.165, 1.54) is 6.07 Å². The molecule has 10 nitrogen and oxygen atoms in total. The van der Waals surface area contributed by atoms with E-state index >= 15 is 0 Å². The fraction of sp³-hybridized carbons (Fsp3) is 0.419. The van der Waals surface area contributed by atoms with Gasteiger partial charge in [0.2, 0.25) is 0 Å². The topological polar surface area (TPSA) is 117 Å². The number of urea groups is 1. The summed E-state index contributed by atoms with van der Waals surface area (Å²) >= 11 is 0. The van der Waals surface area contributed by atoms with Crippen LogP contribution in [0, 0.1) is 11.6 Å². The van der Waals surface area contributed by atoms with Gasteiger partial charge in [-0.05, 0) is 62.8 Å². The number of nitrogens with one attached hydrogen (secondary N) is 3.